The van der Waals surface area contributed by atoms with Gasteiger partial charge in [-0.3, -0.25) is 9.36 Å². The molecule has 0 bridgehead atoms. The van der Waals surface area contributed by atoms with E-state index in [0.717, 1.165) is 0 Å². The van der Waals surface area contributed by atoms with Crippen molar-refractivity contribution >= 4 is 23.6 Å². The van der Waals surface area contributed by atoms with Gasteiger partial charge >= 0.3 is 12.5 Å². The van der Waals surface area contributed by atoms with E-state index in [2.05, 4.69) is 5.32 Å². The van der Waals surface area contributed by atoms with E-state index < -0.39 is 24.5 Å². The minimum absolute atomic E-state index is 0.233. The number of alkyl halides is 2. The molecule has 1 heterocycles. The molecule has 1 amide bonds. The number of carbonyl (C=O) groups is 2. The van der Waals surface area contributed by atoms with Gasteiger partial charge in [0.25, 0.3) is 5.91 Å². The summed E-state index contributed by atoms with van der Waals surface area (Å²) < 4.78 is 26.3. The predicted octanol–water partition coefficient (Wildman–Crippen LogP) is 2.13. The third kappa shape index (κ3) is 3.96. The van der Waals surface area contributed by atoms with E-state index in [9.17, 15) is 18.4 Å². The molecular formula is C12H16F2N2O3S. The highest BCUT2D eigenvalue weighted by molar-refractivity contribution is 7.98. The fraction of sp³-hybridized carbons (Fsp3) is 0.500. The van der Waals surface area contributed by atoms with Crippen LogP contribution in [-0.2, 0) is 4.79 Å². The average molecular weight is 306 g/mol. The summed E-state index contributed by atoms with van der Waals surface area (Å²) in [5, 5.41) is 11.3. The van der Waals surface area contributed by atoms with Crippen LogP contribution in [0.3, 0.4) is 0 Å². The van der Waals surface area contributed by atoms with Gasteiger partial charge in [0.1, 0.15) is 11.7 Å². The van der Waals surface area contributed by atoms with Crippen LogP contribution >= 0.6 is 11.8 Å². The van der Waals surface area contributed by atoms with Crippen molar-refractivity contribution in [2.75, 3.05) is 12.0 Å². The van der Waals surface area contributed by atoms with Crippen LogP contribution in [0.1, 0.15) is 29.2 Å². The number of hydrogen-bond donors (Lipinski definition) is 2. The first-order valence-corrected chi connectivity index (χ1v) is 7.26. The molecule has 0 aromatic carbocycles. The van der Waals surface area contributed by atoms with Gasteiger partial charge in [0.05, 0.1) is 0 Å². The Hall–Kier alpha value is -1.57. The highest BCUT2D eigenvalue weighted by atomic mass is 32.2. The molecule has 0 radical (unpaired) electrons. The summed E-state index contributed by atoms with van der Waals surface area (Å²) in [4.78, 5) is 22.9. The Morgan fingerprint density at radius 1 is 1.45 bits per heavy atom. The lowest BCUT2D eigenvalue weighted by molar-refractivity contribution is -0.139. The van der Waals surface area contributed by atoms with Gasteiger partial charge in [0.2, 0.25) is 0 Å². The second-order valence-corrected chi connectivity index (χ2v) is 5.14. The highest BCUT2D eigenvalue weighted by Crippen LogP contribution is 2.18. The Bertz CT molecular complexity index is 491. The van der Waals surface area contributed by atoms with Crippen molar-refractivity contribution in [2.24, 2.45) is 0 Å². The first-order chi connectivity index (χ1) is 9.38. The van der Waals surface area contributed by atoms with Gasteiger partial charge in [-0.1, -0.05) is 0 Å². The zero-order valence-corrected chi connectivity index (χ0v) is 11.9. The van der Waals surface area contributed by atoms with Crippen molar-refractivity contribution in [3.63, 3.8) is 0 Å². The lowest BCUT2D eigenvalue weighted by atomic mass is 10.2. The lowest BCUT2D eigenvalue weighted by Crippen LogP contribution is -2.42. The Kier molecular flexibility index (Phi) is 6.00. The van der Waals surface area contributed by atoms with Crippen LogP contribution < -0.4 is 5.32 Å². The largest absolute Gasteiger partial charge is 0.480 e. The second-order valence-electron chi connectivity index (χ2n) is 4.15. The Morgan fingerprint density at radius 3 is 2.60 bits per heavy atom. The van der Waals surface area contributed by atoms with E-state index in [1.807, 2.05) is 6.26 Å². The van der Waals surface area contributed by atoms with E-state index in [4.69, 9.17) is 5.11 Å². The number of halogens is 2. The number of aromatic nitrogens is 1. The second kappa shape index (κ2) is 7.28. The minimum Gasteiger partial charge on any atom is -0.480 e. The van der Waals surface area contributed by atoms with Crippen molar-refractivity contribution in [1.82, 2.24) is 9.88 Å². The summed E-state index contributed by atoms with van der Waals surface area (Å²) in [5.74, 6) is -1.45. The quantitative estimate of drug-likeness (QED) is 0.809. The molecule has 0 saturated carbocycles. The zero-order chi connectivity index (χ0) is 15.3. The Morgan fingerprint density at radius 2 is 2.10 bits per heavy atom. The Balaban J connectivity index is 2.86. The Labute approximate surface area is 119 Å². The summed E-state index contributed by atoms with van der Waals surface area (Å²) in [7, 11) is 0. The van der Waals surface area contributed by atoms with Crippen LogP contribution in [-0.4, -0.2) is 39.6 Å². The molecule has 112 valence electrons. The van der Waals surface area contributed by atoms with Crippen molar-refractivity contribution < 1.29 is 23.5 Å². The smallest absolute Gasteiger partial charge is 0.326 e. The van der Waals surface area contributed by atoms with Gasteiger partial charge in [-0.2, -0.15) is 20.5 Å². The first kappa shape index (κ1) is 16.5. The topological polar surface area (TPSA) is 71.3 Å². The number of carbonyl (C=O) groups excluding carboxylic acids is 1. The number of nitrogens with one attached hydrogen (secondary N) is 1. The summed E-state index contributed by atoms with van der Waals surface area (Å²) in [6.45, 7) is -1.40. The summed E-state index contributed by atoms with van der Waals surface area (Å²) >= 11 is 1.44. The molecule has 5 nitrogen and oxygen atoms in total. The maximum absolute atomic E-state index is 12.8. The number of amides is 1. The molecule has 1 aromatic rings. The molecule has 0 aliphatic heterocycles. The molecule has 8 heteroatoms. The molecule has 0 saturated heterocycles. The average Bonchev–Trinajstić information content (AvgIpc) is 2.75. The summed E-state index contributed by atoms with van der Waals surface area (Å²) in [6.07, 6.45) is 2.04. The molecule has 0 aliphatic rings. The third-order valence-corrected chi connectivity index (χ3v) is 3.41. The molecule has 0 spiro atoms. The molecule has 20 heavy (non-hydrogen) atoms. The van der Waals surface area contributed by atoms with Crippen LogP contribution in [0.4, 0.5) is 8.78 Å². The molecule has 1 atom stereocenters. The van der Waals surface area contributed by atoms with Crippen molar-refractivity contribution in [1.29, 1.82) is 0 Å². The van der Waals surface area contributed by atoms with Crippen LogP contribution in [0.15, 0.2) is 12.1 Å². The maximum atomic E-state index is 12.8. The van der Waals surface area contributed by atoms with Gasteiger partial charge in [-0.15, -0.1) is 0 Å². The number of rotatable bonds is 7. The monoisotopic (exact) mass is 306 g/mol. The third-order valence-electron chi connectivity index (χ3n) is 2.76. The molecule has 0 unspecified atom stereocenters. The SMILES string of the molecule is CSCC[C@H](NC(=O)c1ccc(C)n1C(F)F)C(=O)O. The number of nitrogens with zero attached hydrogens (tertiary/aromatic N) is 1. The van der Waals surface area contributed by atoms with Crippen molar-refractivity contribution in [2.45, 2.75) is 25.9 Å². The van der Waals surface area contributed by atoms with Crippen LogP contribution in [0.5, 0.6) is 0 Å². The van der Waals surface area contributed by atoms with E-state index in [-0.39, 0.29) is 17.8 Å². The number of hydrogen-bond acceptors (Lipinski definition) is 3. The fourth-order valence-corrected chi connectivity index (χ4v) is 2.19. The number of carboxylic acids is 1. The minimum atomic E-state index is -2.85. The van der Waals surface area contributed by atoms with E-state index in [1.54, 1.807) is 0 Å². The van der Waals surface area contributed by atoms with E-state index >= 15 is 0 Å². The van der Waals surface area contributed by atoms with Gasteiger partial charge in [-0.05, 0) is 37.5 Å². The molecule has 0 fully saturated rings. The molecule has 2 N–H and O–H groups in total. The summed E-state index contributed by atoms with van der Waals surface area (Å²) in [6, 6.07) is 1.56. The first-order valence-electron chi connectivity index (χ1n) is 5.87. The van der Waals surface area contributed by atoms with Crippen molar-refractivity contribution in [3.8, 4) is 0 Å². The molecule has 1 rings (SSSR count). The standard InChI is InChI=1S/C12H16F2N2O3S/c1-7-3-4-9(16(7)12(13)14)10(17)15-8(11(18)19)5-6-20-2/h3-4,8,12H,5-6H2,1-2H3,(H,15,17)(H,18,19)/t8-/m0/s1. The lowest BCUT2D eigenvalue weighted by Gasteiger charge is -2.15. The van der Waals surface area contributed by atoms with Gasteiger partial charge in [-0.25, -0.2) is 4.79 Å². The number of aryl methyl sites for hydroxylation is 1. The van der Waals surface area contributed by atoms with Gasteiger partial charge in [0, 0.05) is 5.69 Å². The number of thioether (sulfide) groups is 1. The fourth-order valence-electron chi connectivity index (χ4n) is 1.72. The maximum Gasteiger partial charge on any atom is 0.326 e. The molecule has 0 aliphatic carbocycles. The molecule has 1 aromatic heterocycles. The predicted molar refractivity (Wildman–Crippen MR) is 72.3 cm³/mol. The number of aliphatic carboxylic acids is 1. The summed E-state index contributed by atoms with van der Waals surface area (Å²) in [5.41, 5.74) is -0.00552. The van der Waals surface area contributed by atoms with Gasteiger partial charge < -0.3 is 10.4 Å². The highest BCUT2D eigenvalue weighted by Gasteiger charge is 2.24. The zero-order valence-electron chi connectivity index (χ0n) is 11.1. The number of carboxylic acid groups (broad SMARTS) is 1. The van der Waals surface area contributed by atoms with Crippen LogP contribution in [0, 0.1) is 6.92 Å². The molecular weight excluding hydrogens is 290 g/mol. The van der Waals surface area contributed by atoms with Crippen LogP contribution in [0.2, 0.25) is 0 Å². The van der Waals surface area contributed by atoms with E-state index in [1.165, 1.54) is 30.8 Å². The van der Waals surface area contributed by atoms with Crippen molar-refractivity contribution in [3.05, 3.63) is 23.5 Å². The van der Waals surface area contributed by atoms with Gasteiger partial charge in [0.15, 0.2) is 0 Å². The normalized spacial score (nSPS) is 12.4. The van der Waals surface area contributed by atoms with Crippen LogP contribution in [0.25, 0.3) is 0 Å². The van der Waals surface area contributed by atoms with E-state index in [0.29, 0.717) is 10.3 Å².